The molecule has 0 unspecified atom stereocenters. The Labute approximate surface area is 139 Å². The van der Waals surface area contributed by atoms with E-state index in [0.717, 1.165) is 6.07 Å². The molecule has 1 aromatic carbocycles. The van der Waals surface area contributed by atoms with Crippen molar-refractivity contribution in [3.63, 3.8) is 0 Å². The zero-order valence-corrected chi connectivity index (χ0v) is 12.8. The lowest BCUT2D eigenvalue weighted by Gasteiger charge is -2.17. The van der Waals surface area contributed by atoms with Crippen molar-refractivity contribution in [1.82, 2.24) is 5.32 Å². The van der Waals surface area contributed by atoms with E-state index < -0.39 is 30.2 Å². The van der Waals surface area contributed by atoms with Crippen molar-refractivity contribution in [2.75, 3.05) is 6.54 Å². The Morgan fingerprint density at radius 2 is 1.80 bits per heavy atom. The molecule has 1 aromatic rings. The molecular weight excluding hydrogens is 355 g/mol. The van der Waals surface area contributed by atoms with Gasteiger partial charge in [0.2, 0.25) is 0 Å². The van der Waals surface area contributed by atoms with E-state index in [1.807, 2.05) is 0 Å². The lowest BCUT2D eigenvalue weighted by atomic mass is 10.1. The van der Waals surface area contributed by atoms with E-state index >= 15 is 0 Å². The first-order valence-electron chi connectivity index (χ1n) is 7.30. The van der Waals surface area contributed by atoms with E-state index in [1.54, 1.807) is 6.08 Å². The lowest BCUT2D eigenvalue weighted by molar-refractivity contribution is -0.140. The van der Waals surface area contributed by atoms with Gasteiger partial charge in [0.1, 0.15) is 17.3 Å². The van der Waals surface area contributed by atoms with Gasteiger partial charge in [-0.05, 0) is 30.7 Å². The smallest absolute Gasteiger partial charge is 0.419 e. The van der Waals surface area contributed by atoms with E-state index in [2.05, 4.69) is 5.32 Å². The molecule has 2 nitrogen and oxygen atoms in total. The first-order chi connectivity index (χ1) is 11.5. The molecule has 0 radical (unpaired) electrons. The third-order valence-electron chi connectivity index (χ3n) is 3.30. The van der Waals surface area contributed by atoms with E-state index in [4.69, 9.17) is 4.74 Å². The van der Waals surface area contributed by atoms with Crippen LogP contribution >= 0.6 is 0 Å². The van der Waals surface area contributed by atoms with Gasteiger partial charge in [0.15, 0.2) is 0 Å². The second-order valence-electron chi connectivity index (χ2n) is 5.34. The highest BCUT2D eigenvalue weighted by molar-refractivity contribution is 5.34. The molecule has 2 rings (SSSR count). The third-order valence-corrected chi connectivity index (χ3v) is 3.30. The van der Waals surface area contributed by atoms with Crippen LogP contribution in [0, 0.1) is 5.82 Å². The van der Waals surface area contributed by atoms with Gasteiger partial charge in [-0.2, -0.15) is 26.3 Å². The van der Waals surface area contributed by atoms with Crippen molar-refractivity contribution in [1.29, 1.82) is 0 Å². The van der Waals surface area contributed by atoms with Crippen LogP contribution in [0.1, 0.15) is 24.8 Å². The van der Waals surface area contributed by atoms with Crippen LogP contribution in [-0.4, -0.2) is 12.7 Å². The number of allylic oxidation sites excluding steroid dienone is 3. The number of ether oxygens (including phenoxy) is 1. The van der Waals surface area contributed by atoms with Gasteiger partial charge in [0, 0.05) is 18.7 Å². The summed E-state index contributed by atoms with van der Waals surface area (Å²) < 4.78 is 93.0. The van der Waals surface area contributed by atoms with Crippen LogP contribution in [0.25, 0.3) is 0 Å². The van der Waals surface area contributed by atoms with Crippen LogP contribution in [0.3, 0.4) is 0 Å². The average molecular weight is 369 g/mol. The van der Waals surface area contributed by atoms with Crippen molar-refractivity contribution >= 4 is 0 Å². The van der Waals surface area contributed by atoms with Crippen LogP contribution < -0.4 is 10.1 Å². The quantitative estimate of drug-likeness (QED) is 0.709. The number of rotatable bonds is 5. The second-order valence-corrected chi connectivity index (χ2v) is 5.34. The Hall–Kier alpha value is -2.19. The molecule has 0 saturated carbocycles. The molecule has 1 aliphatic carbocycles. The zero-order chi connectivity index (χ0) is 18.7. The van der Waals surface area contributed by atoms with Gasteiger partial charge in [0.25, 0.3) is 0 Å². The van der Waals surface area contributed by atoms with Crippen LogP contribution in [0.4, 0.5) is 30.7 Å². The maximum atomic E-state index is 13.2. The number of benzene rings is 1. The number of hydrogen-bond acceptors (Lipinski definition) is 2. The van der Waals surface area contributed by atoms with Crippen LogP contribution in [-0.2, 0) is 6.18 Å². The summed E-state index contributed by atoms with van der Waals surface area (Å²) in [5.74, 6) is -1.33. The minimum Gasteiger partial charge on any atom is -0.462 e. The van der Waals surface area contributed by atoms with Crippen molar-refractivity contribution in [3.8, 4) is 5.75 Å². The molecule has 0 atom stereocenters. The van der Waals surface area contributed by atoms with Gasteiger partial charge in [-0.15, -0.1) is 0 Å². The largest absolute Gasteiger partial charge is 0.462 e. The molecule has 0 fully saturated rings. The van der Waals surface area contributed by atoms with Crippen molar-refractivity contribution in [2.45, 2.75) is 31.6 Å². The molecular formula is C16H14F7NO. The predicted molar refractivity (Wildman–Crippen MR) is 76.1 cm³/mol. The molecule has 1 N–H and O–H groups in total. The maximum absolute atomic E-state index is 13.2. The molecule has 1 aliphatic rings. The number of hydrogen-bond donors (Lipinski definition) is 1. The average Bonchev–Trinajstić information content (AvgIpc) is 2.47. The van der Waals surface area contributed by atoms with E-state index in [0.29, 0.717) is 30.7 Å². The summed E-state index contributed by atoms with van der Waals surface area (Å²) in [4.78, 5) is 0. The van der Waals surface area contributed by atoms with Gasteiger partial charge < -0.3 is 10.1 Å². The van der Waals surface area contributed by atoms with Gasteiger partial charge in [-0.3, -0.25) is 0 Å². The van der Waals surface area contributed by atoms with E-state index in [9.17, 15) is 30.7 Å². The second kappa shape index (κ2) is 7.37. The van der Waals surface area contributed by atoms with Gasteiger partial charge in [-0.1, -0.05) is 6.08 Å². The summed E-state index contributed by atoms with van der Waals surface area (Å²) in [6.07, 6.45) is -6.26. The van der Waals surface area contributed by atoms with E-state index in [1.165, 1.54) is 6.08 Å². The van der Waals surface area contributed by atoms with Gasteiger partial charge in [0.05, 0.1) is 12.0 Å². The van der Waals surface area contributed by atoms with Crippen molar-refractivity contribution in [3.05, 3.63) is 53.2 Å². The van der Waals surface area contributed by atoms with Crippen molar-refractivity contribution in [2.24, 2.45) is 0 Å². The first-order valence-corrected chi connectivity index (χ1v) is 7.30. The summed E-state index contributed by atoms with van der Waals surface area (Å²) in [5, 5.41) is 2.58. The number of nitrogens with one attached hydrogen (secondary N) is 1. The first kappa shape index (κ1) is 19.1. The fourth-order valence-corrected chi connectivity index (χ4v) is 2.16. The van der Waals surface area contributed by atoms with Crippen molar-refractivity contribution < 1.29 is 35.5 Å². The zero-order valence-electron chi connectivity index (χ0n) is 12.8. The van der Waals surface area contributed by atoms with Gasteiger partial charge >= 0.3 is 12.4 Å². The Morgan fingerprint density at radius 3 is 2.44 bits per heavy atom. The SMILES string of the molecule is Fc1ccc(OC2=CC(NCCC(F)(F)F)=CCC2)cc1C(F)(F)F. The number of halogens is 7. The molecule has 9 heteroatoms. The molecule has 25 heavy (non-hydrogen) atoms. The Balaban J connectivity index is 2.04. The normalized spacial score (nSPS) is 15.5. The molecule has 0 bridgehead atoms. The molecule has 138 valence electrons. The maximum Gasteiger partial charge on any atom is 0.419 e. The predicted octanol–water partition coefficient (Wildman–Crippen LogP) is 5.33. The fourth-order valence-electron chi connectivity index (χ4n) is 2.16. The summed E-state index contributed by atoms with van der Waals surface area (Å²) in [7, 11) is 0. The Bertz CT molecular complexity index is 674. The highest BCUT2D eigenvalue weighted by Crippen LogP contribution is 2.34. The summed E-state index contributed by atoms with van der Waals surface area (Å²) in [6.45, 7) is -0.326. The molecule has 0 aromatic heterocycles. The molecule has 0 heterocycles. The number of alkyl halides is 6. The van der Waals surface area contributed by atoms with Gasteiger partial charge in [-0.25, -0.2) is 4.39 Å². The lowest BCUT2D eigenvalue weighted by Crippen LogP contribution is -2.21. The standard InChI is InChI=1S/C16H14F7NO/c17-14-5-4-12(9-13(14)16(21,22)23)25-11-3-1-2-10(8-11)24-7-6-15(18,19)20/h2,4-5,8-9,24H,1,3,6-7H2. The summed E-state index contributed by atoms with van der Waals surface area (Å²) in [6, 6.07) is 2.26. The third kappa shape index (κ3) is 5.99. The fraction of sp³-hybridized carbons (Fsp3) is 0.375. The van der Waals surface area contributed by atoms with Crippen LogP contribution in [0.5, 0.6) is 5.75 Å². The highest BCUT2D eigenvalue weighted by Gasteiger charge is 2.34. The Morgan fingerprint density at radius 1 is 1.08 bits per heavy atom. The summed E-state index contributed by atoms with van der Waals surface area (Å²) >= 11 is 0. The van der Waals surface area contributed by atoms with Crippen LogP contribution in [0.15, 0.2) is 41.8 Å². The minimum atomic E-state index is -4.85. The monoisotopic (exact) mass is 369 g/mol. The molecule has 0 amide bonds. The molecule has 0 spiro atoms. The minimum absolute atomic E-state index is 0.198. The Kier molecular flexibility index (Phi) is 5.64. The summed E-state index contributed by atoms with van der Waals surface area (Å²) in [5.41, 5.74) is -1.05. The van der Waals surface area contributed by atoms with E-state index in [-0.39, 0.29) is 18.1 Å². The topological polar surface area (TPSA) is 21.3 Å². The van der Waals surface area contributed by atoms with Crippen LogP contribution in [0.2, 0.25) is 0 Å². The molecule has 0 saturated heterocycles. The molecule has 0 aliphatic heterocycles. The highest BCUT2D eigenvalue weighted by atomic mass is 19.4.